The third-order valence-corrected chi connectivity index (χ3v) is 5.47. The van der Waals surface area contributed by atoms with E-state index in [9.17, 15) is 0 Å². The molecule has 2 aliphatic rings. The Morgan fingerprint density at radius 2 is 1.58 bits per heavy atom. The van der Waals surface area contributed by atoms with Crippen molar-refractivity contribution in [3.05, 3.63) is 96.6 Å². The molecule has 0 aliphatic heterocycles. The molecule has 2 unspecified atom stereocenters. The summed E-state index contributed by atoms with van der Waals surface area (Å²) in [5.41, 5.74) is 3.99. The zero-order valence-corrected chi connectivity index (χ0v) is 15.3. The van der Waals surface area contributed by atoms with Crippen LogP contribution in [0.4, 0.5) is 5.69 Å². The number of hydrogen-bond acceptors (Lipinski definition) is 1. The summed E-state index contributed by atoms with van der Waals surface area (Å²) in [7, 11) is 0. The molecule has 2 aliphatic carbocycles. The van der Waals surface area contributed by atoms with Crippen LogP contribution in [-0.2, 0) is 0 Å². The van der Waals surface area contributed by atoms with E-state index >= 15 is 0 Å². The smallest absolute Gasteiger partial charge is 0.0516 e. The summed E-state index contributed by atoms with van der Waals surface area (Å²) in [6.07, 6.45) is 16.6. The van der Waals surface area contributed by atoms with Crippen molar-refractivity contribution in [3.63, 3.8) is 0 Å². The molecule has 132 valence electrons. The lowest BCUT2D eigenvalue weighted by Crippen LogP contribution is -2.38. The van der Waals surface area contributed by atoms with E-state index in [2.05, 4.69) is 95.9 Å². The number of hydrogen-bond donors (Lipinski definition) is 0. The Labute approximate surface area is 157 Å². The first-order chi connectivity index (χ1) is 12.9. The van der Waals surface area contributed by atoms with Gasteiger partial charge in [0.25, 0.3) is 0 Å². The van der Waals surface area contributed by atoms with E-state index in [4.69, 9.17) is 0 Å². The SMILES string of the molecule is C1=CCC(CN(c2ccccc2)C2C=C(c3ccccc3)C=CC2)CC1. The molecule has 2 aromatic rings. The van der Waals surface area contributed by atoms with Crippen molar-refractivity contribution >= 4 is 11.3 Å². The van der Waals surface area contributed by atoms with Gasteiger partial charge in [0.05, 0.1) is 6.04 Å². The largest absolute Gasteiger partial charge is 0.364 e. The van der Waals surface area contributed by atoms with E-state index in [1.165, 1.54) is 36.1 Å². The van der Waals surface area contributed by atoms with Crippen molar-refractivity contribution in [2.45, 2.75) is 31.7 Å². The third-order valence-electron chi connectivity index (χ3n) is 5.47. The van der Waals surface area contributed by atoms with Crippen molar-refractivity contribution < 1.29 is 0 Å². The van der Waals surface area contributed by atoms with Crippen molar-refractivity contribution in [3.8, 4) is 0 Å². The minimum absolute atomic E-state index is 0.420. The first kappa shape index (κ1) is 16.9. The van der Waals surface area contributed by atoms with Crippen LogP contribution in [0.25, 0.3) is 5.57 Å². The van der Waals surface area contributed by atoms with Gasteiger partial charge in [-0.3, -0.25) is 0 Å². The second-order valence-corrected chi connectivity index (χ2v) is 7.33. The molecule has 0 radical (unpaired) electrons. The monoisotopic (exact) mass is 341 g/mol. The number of anilines is 1. The summed E-state index contributed by atoms with van der Waals surface area (Å²) in [4.78, 5) is 2.62. The summed E-state index contributed by atoms with van der Waals surface area (Å²) in [6.45, 7) is 1.13. The minimum Gasteiger partial charge on any atom is -0.364 e. The molecule has 0 heterocycles. The van der Waals surface area contributed by atoms with Crippen molar-refractivity contribution in [1.82, 2.24) is 0 Å². The number of allylic oxidation sites excluding steroid dienone is 4. The number of nitrogens with zero attached hydrogens (tertiary/aromatic N) is 1. The molecule has 0 bridgehead atoms. The van der Waals surface area contributed by atoms with Gasteiger partial charge in [0, 0.05) is 12.2 Å². The van der Waals surface area contributed by atoms with Gasteiger partial charge in [0.15, 0.2) is 0 Å². The lowest BCUT2D eigenvalue weighted by Gasteiger charge is -2.36. The molecular weight excluding hydrogens is 314 g/mol. The summed E-state index contributed by atoms with van der Waals surface area (Å²) in [6, 6.07) is 22.1. The first-order valence-corrected chi connectivity index (χ1v) is 9.80. The van der Waals surface area contributed by atoms with Gasteiger partial charge in [0.1, 0.15) is 0 Å². The molecule has 1 heteroatoms. The molecule has 1 nitrogen and oxygen atoms in total. The molecule has 2 aromatic carbocycles. The van der Waals surface area contributed by atoms with Crippen LogP contribution in [0.3, 0.4) is 0 Å². The van der Waals surface area contributed by atoms with E-state index in [1.54, 1.807) is 0 Å². The average molecular weight is 341 g/mol. The molecule has 2 atom stereocenters. The van der Waals surface area contributed by atoms with Crippen molar-refractivity contribution in [2.24, 2.45) is 5.92 Å². The maximum absolute atomic E-state index is 2.62. The van der Waals surface area contributed by atoms with E-state index in [1.807, 2.05) is 0 Å². The molecular formula is C25H27N. The topological polar surface area (TPSA) is 3.24 Å². The predicted octanol–water partition coefficient (Wildman–Crippen LogP) is 6.26. The van der Waals surface area contributed by atoms with Crippen molar-refractivity contribution in [2.75, 3.05) is 11.4 Å². The fraction of sp³-hybridized carbons (Fsp3) is 0.280. The Morgan fingerprint density at radius 1 is 0.808 bits per heavy atom. The van der Waals surface area contributed by atoms with Gasteiger partial charge in [0.2, 0.25) is 0 Å². The summed E-state index contributed by atoms with van der Waals surface area (Å²) >= 11 is 0. The van der Waals surface area contributed by atoms with E-state index < -0.39 is 0 Å². The summed E-state index contributed by atoms with van der Waals surface area (Å²) in [5.74, 6) is 0.750. The maximum atomic E-state index is 2.62. The summed E-state index contributed by atoms with van der Waals surface area (Å²) < 4.78 is 0. The molecule has 0 aromatic heterocycles. The molecule has 0 spiro atoms. The average Bonchev–Trinajstić information content (AvgIpc) is 2.74. The Morgan fingerprint density at radius 3 is 2.31 bits per heavy atom. The van der Waals surface area contributed by atoms with Gasteiger partial charge in [-0.05, 0) is 54.9 Å². The second kappa shape index (κ2) is 8.23. The highest BCUT2D eigenvalue weighted by Gasteiger charge is 2.22. The molecule has 0 N–H and O–H groups in total. The Bertz CT molecular complexity index is 785. The fourth-order valence-electron chi connectivity index (χ4n) is 4.06. The van der Waals surface area contributed by atoms with Crippen molar-refractivity contribution in [1.29, 1.82) is 0 Å². The van der Waals surface area contributed by atoms with Crippen LogP contribution in [-0.4, -0.2) is 12.6 Å². The highest BCUT2D eigenvalue weighted by Crippen LogP contribution is 2.30. The van der Waals surface area contributed by atoms with E-state index in [0.29, 0.717) is 6.04 Å². The van der Waals surface area contributed by atoms with Crippen LogP contribution in [0.2, 0.25) is 0 Å². The van der Waals surface area contributed by atoms with Crippen LogP contribution in [0.1, 0.15) is 31.2 Å². The molecule has 0 fully saturated rings. The van der Waals surface area contributed by atoms with Gasteiger partial charge in [-0.25, -0.2) is 0 Å². The highest BCUT2D eigenvalue weighted by atomic mass is 15.2. The van der Waals surface area contributed by atoms with Crippen LogP contribution in [0, 0.1) is 5.92 Å². The molecule has 4 rings (SSSR count). The van der Waals surface area contributed by atoms with E-state index in [0.717, 1.165) is 18.9 Å². The predicted molar refractivity (Wildman–Crippen MR) is 112 cm³/mol. The third kappa shape index (κ3) is 3.99. The highest BCUT2D eigenvalue weighted by molar-refractivity contribution is 5.76. The van der Waals surface area contributed by atoms with Crippen LogP contribution in [0.15, 0.2) is 91.0 Å². The normalized spacial score (nSPS) is 22.1. The van der Waals surface area contributed by atoms with Gasteiger partial charge in [-0.1, -0.05) is 78.9 Å². The second-order valence-electron chi connectivity index (χ2n) is 7.33. The van der Waals surface area contributed by atoms with Crippen LogP contribution in [0.5, 0.6) is 0 Å². The summed E-state index contributed by atoms with van der Waals surface area (Å²) in [5, 5.41) is 0. The Balaban J connectivity index is 1.61. The van der Waals surface area contributed by atoms with Crippen LogP contribution >= 0.6 is 0 Å². The standard InChI is InChI=1S/C25H27N/c1-4-11-21(12-5-1)20-26(24-16-8-3-9-17-24)25-18-10-15-23(19-25)22-13-6-2-7-14-22/h1-4,6-10,13-17,19,21,25H,5,11-12,18,20H2. The van der Waals surface area contributed by atoms with Gasteiger partial charge >= 0.3 is 0 Å². The first-order valence-electron chi connectivity index (χ1n) is 9.80. The number of rotatable bonds is 5. The van der Waals surface area contributed by atoms with Crippen LogP contribution < -0.4 is 4.90 Å². The number of benzene rings is 2. The molecule has 26 heavy (non-hydrogen) atoms. The quantitative estimate of drug-likeness (QED) is 0.580. The Kier molecular flexibility index (Phi) is 5.35. The lowest BCUT2D eigenvalue weighted by atomic mass is 9.91. The molecule has 0 saturated heterocycles. The van der Waals surface area contributed by atoms with E-state index in [-0.39, 0.29) is 0 Å². The molecule has 0 saturated carbocycles. The maximum Gasteiger partial charge on any atom is 0.0516 e. The fourth-order valence-corrected chi connectivity index (χ4v) is 4.06. The zero-order valence-electron chi connectivity index (χ0n) is 15.3. The lowest BCUT2D eigenvalue weighted by molar-refractivity contribution is 0.459. The van der Waals surface area contributed by atoms with Gasteiger partial charge < -0.3 is 4.90 Å². The zero-order chi connectivity index (χ0) is 17.6. The molecule has 0 amide bonds. The Hall–Kier alpha value is -2.54. The van der Waals surface area contributed by atoms with Gasteiger partial charge in [-0.2, -0.15) is 0 Å². The number of para-hydroxylation sites is 1. The van der Waals surface area contributed by atoms with Gasteiger partial charge in [-0.15, -0.1) is 0 Å². The minimum atomic E-state index is 0.420.